The van der Waals surface area contributed by atoms with Gasteiger partial charge >= 0.3 is 5.97 Å². The largest absolute Gasteiger partial charge is 0.432 e. The molecule has 5 aliphatic carbocycles. The van der Waals surface area contributed by atoms with E-state index in [1.54, 1.807) is 0 Å². The molecule has 29 unspecified atom stereocenters. The standard InChI is InChI=1S/C54H88O23/c1-23-32(58)35(61)40(66)45(71-23)76-43-27(20-56)73-46(42(68)38(43)64)75-31-11-12-50(4)29(51(31,5)22-57)10-13-53(7)30(50)9-8-24-25-18-49(2,3)14-16-54(25,17-15-52(24,53)6)48(69)77-47-41(67)37(63)34(60)28(74-47)21-70-44-39(65)36(62)33(59)26(19-55)72-44/h8,23,25-47,55-68H,9-22H2,1-7H3. The number of hydrogen-bond donors (Lipinski definition) is 14. The molecular formula is C54H88O23. The zero-order valence-corrected chi connectivity index (χ0v) is 45.3. The van der Waals surface area contributed by atoms with Gasteiger partial charge in [-0.05, 0) is 111 Å². The predicted octanol–water partition coefficient (Wildman–Crippen LogP) is -2.04. The van der Waals surface area contributed by atoms with Crippen LogP contribution in [0.3, 0.4) is 0 Å². The highest BCUT2D eigenvalue weighted by atomic mass is 16.8. The van der Waals surface area contributed by atoms with Crippen molar-refractivity contribution in [3.8, 4) is 0 Å². The Labute approximate surface area is 449 Å². The minimum Gasteiger partial charge on any atom is -0.432 e. The zero-order valence-electron chi connectivity index (χ0n) is 45.3. The maximum atomic E-state index is 15.1. The normalized spacial score (nSPS) is 54.7. The summed E-state index contributed by atoms with van der Waals surface area (Å²) in [5.41, 5.74) is -1.84. The second kappa shape index (κ2) is 21.8. The summed E-state index contributed by atoms with van der Waals surface area (Å²) in [6.07, 6.45) is -23.3. The second-order valence-corrected chi connectivity index (χ2v) is 26.1. The molecule has 14 N–H and O–H groups in total. The summed E-state index contributed by atoms with van der Waals surface area (Å²) < 4.78 is 47.2. The molecular weight excluding hydrogens is 1020 g/mol. The van der Waals surface area contributed by atoms with Crippen LogP contribution < -0.4 is 0 Å². The van der Waals surface area contributed by atoms with Gasteiger partial charge in [-0.3, -0.25) is 4.79 Å². The molecule has 0 radical (unpaired) electrons. The summed E-state index contributed by atoms with van der Waals surface area (Å²) >= 11 is 0. The van der Waals surface area contributed by atoms with Crippen LogP contribution >= 0.6 is 0 Å². The lowest BCUT2D eigenvalue weighted by Crippen LogP contribution is -2.67. The van der Waals surface area contributed by atoms with Gasteiger partial charge in [0.05, 0.1) is 44.1 Å². The zero-order chi connectivity index (χ0) is 56.3. The number of carbonyl (C=O) groups excluding carboxylic acids is 1. The molecule has 4 saturated heterocycles. The third kappa shape index (κ3) is 9.80. The highest BCUT2D eigenvalue weighted by molar-refractivity contribution is 5.79. The molecule has 4 aliphatic heterocycles. The lowest BCUT2D eigenvalue weighted by atomic mass is 9.33. The number of hydrogen-bond acceptors (Lipinski definition) is 23. The van der Waals surface area contributed by atoms with E-state index in [-0.39, 0.29) is 46.0 Å². The highest BCUT2D eigenvalue weighted by Crippen LogP contribution is 2.76. The topological polar surface area (TPSA) is 374 Å². The molecule has 0 aromatic heterocycles. The van der Waals surface area contributed by atoms with E-state index in [1.165, 1.54) is 12.5 Å². The number of aliphatic hydroxyl groups is 14. The highest BCUT2D eigenvalue weighted by Gasteiger charge is 2.71. The maximum Gasteiger partial charge on any atom is 0.315 e. The molecule has 9 aliphatic rings. The van der Waals surface area contributed by atoms with Crippen LogP contribution in [0.2, 0.25) is 0 Å². The molecule has 0 spiro atoms. The van der Waals surface area contributed by atoms with Gasteiger partial charge in [0.15, 0.2) is 18.9 Å². The maximum absolute atomic E-state index is 15.1. The van der Waals surface area contributed by atoms with Gasteiger partial charge in [-0.25, -0.2) is 0 Å². The molecule has 4 saturated carbocycles. The number of carbonyl (C=O) groups is 1. The third-order valence-electron chi connectivity index (χ3n) is 21.5. The number of ether oxygens (including phenoxy) is 8. The van der Waals surface area contributed by atoms with Crippen LogP contribution in [-0.4, -0.2) is 233 Å². The molecule has 0 bridgehead atoms. The van der Waals surface area contributed by atoms with Crippen molar-refractivity contribution in [1.82, 2.24) is 0 Å². The van der Waals surface area contributed by atoms with Crippen LogP contribution in [0, 0.1) is 50.2 Å². The van der Waals surface area contributed by atoms with Gasteiger partial charge in [-0.15, -0.1) is 0 Å². The Balaban J connectivity index is 0.912. The molecule has 4 heterocycles. The van der Waals surface area contributed by atoms with Gasteiger partial charge in [0.2, 0.25) is 6.29 Å². The fraction of sp³-hybridized carbons (Fsp3) is 0.944. The molecule has 29 atom stereocenters. The van der Waals surface area contributed by atoms with Gasteiger partial charge in [-0.2, -0.15) is 0 Å². The van der Waals surface area contributed by atoms with E-state index in [1.807, 2.05) is 6.92 Å². The van der Waals surface area contributed by atoms with Crippen molar-refractivity contribution >= 4 is 5.97 Å². The quantitative estimate of drug-likeness (QED) is 0.0569. The van der Waals surface area contributed by atoms with Crippen molar-refractivity contribution in [3.63, 3.8) is 0 Å². The Morgan fingerprint density at radius 3 is 1.82 bits per heavy atom. The summed E-state index contributed by atoms with van der Waals surface area (Å²) in [6.45, 7) is 12.6. The van der Waals surface area contributed by atoms with Crippen molar-refractivity contribution in [2.75, 3.05) is 26.4 Å². The Bertz CT molecular complexity index is 2110. The smallest absolute Gasteiger partial charge is 0.315 e. The monoisotopic (exact) mass is 1100 g/mol. The van der Waals surface area contributed by atoms with E-state index in [0.717, 1.165) is 6.42 Å². The summed E-state index contributed by atoms with van der Waals surface area (Å²) in [5.74, 6) is -0.807. The first-order chi connectivity index (χ1) is 36.1. The molecule has 23 heteroatoms. The van der Waals surface area contributed by atoms with E-state index < -0.39 is 166 Å². The van der Waals surface area contributed by atoms with Crippen molar-refractivity contribution in [3.05, 3.63) is 11.6 Å². The lowest BCUT2D eigenvalue weighted by Gasteiger charge is -2.71. The number of aliphatic hydroxyl groups excluding tert-OH is 14. The number of esters is 1. The first-order valence-electron chi connectivity index (χ1n) is 27.9. The Morgan fingerprint density at radius 2 is 1.16 bits per heavy atom. The van der Waals surface area contributed by atoms with Gasteiger partial charge in [0.1, 0.15) is 91.6 Å². The second-order valence-electron chi connectivity index (χ2n) is 26.1. The minimum atomic E-state index is -1.85. The molecule has 9 rings (SSSR count). The van der Waals surface area contributed by atoms with Crippen LogP contribution in [0.1, 0.15) is 113 Å². The molecule has 77 heavy (non-hydrogen) atoms. The first-order valence-corrected chi connectivity index (χ1v) is 27.9. The Hall–Kier alpha value is -1.63. The van der Waals surface area contributed by atoms with Crippen LogP contribution in [0.15, 0.2) is 11.6 Å². The van der Waals surface area contributed by atoms with E-state index in [4.69, 9.17) is 37.9 Å². The van der Waals surface area contributed by atoms with Crippen molar-refractivity contribution in [1.29, 1.82) is 0 Å². The fourth-order valence-electron chi connectivity index (χ4n) is 16.4. The van der Waals surface area contributed by atoms with E-state index in [9.17, 15) is 71.5 Å². The van der Waals surface area contributed by atoms with E-state index >= 15 is 4.79 Å². The van der Waals surface area contributed by atoms with Crippen molar-refractivity contribution in [2.45, 2.75) is 242 Å². The number of fused-ring (bicyclic) bond motifs is 7. The molecule has 0 amide bonds. The van der Waals surface area contributed by atoms with Gasteiger partial charge in [0.25, 0.3) is 0 Å². The summed E-state index contributed by atoms with van der Waals surface area (Å²) in [5, 5.41) is 150. The van der Waals surface area contributed by atoms with Gasteiger partial charge in [0, 0.05) is 5.41 Å². The van der Waals surface area contributed by atoms with Crippen LogP contribution in [0.25, 0.3) is 0 Å². The van der Waals surface area contributed by atoms with Crippen molar-refractivity contribution < 1.29 is 114 Å². The average Bonchev–Trinajstić information content (AvgIpc) is 3.51. The molecule has 0 aromatic rings. The molecule has 442 valence electrons. The SMILES string of the molecule is CC1OC(OC2C(CO)OC(OC3CCC4(C)C(CCC5(C)C4CC=C4C6CC(C)(C)CCC6(C(=O)OC6OC(COC7OC(CO)C(O)C(O)C7O)C(O)C(O)C6O)CCC45C)C3(C)CO)C(O)C2O)C(O)C(O)C1O. The van der Waals surface area contributed by atoms with Crippen LogP contribution in [0.4, 0.5) is 0 Å². The van der Waals surface area contributed by atoms with Gasteiger partial charge < -0.3 is 109 Å². The van der Waals surface area contributed by atoms with Crippen LogP contribution in [-0.2, 0) is 42.7 Å². The molecule has 23 nitrogen and oxygen atoms in total. The van der Waals surface area contributed by atoms with E-state index in [2.05, 4.69) is 40.7 Å². The number of allylic oxidation sites excluding steroid dienone is 2. The average molecular weight is 1110 g/mol. The van der Waals surface area contributed by atoms with E-state index in [0.29, 0.717) is 57.8 Å². The minimum absolute atomic E-state index is 0.0760. The fourth-order valence-corrected chi connectivity index (χ4v) is 16.4. The first kappa shape index (κ1) is 60.0. The summed E-state index contributed by atoms with van der Waals surface area (Å²) in [4.78, 5) is 15.1. The summed E-state index contributed by atoms with van der Waals surface area (Å²) in [7, 11) is 0. The Morgan fingerprint density at radius 1 is 0.584 bits per heavy atom. The van der Waals surface area contributed by atoms with Crippen molar-refractivity contribution in [2.24, 2.45) is 50.2 Å². The molecule has 0 aromatic carbocycles. The van der Waals surface area contributed by atoms with Crippen LogP contribution in [0.5, 0.6) is 0 Å². The van der Waals surface area contributed by atoms with Gasteiger partial charge in [-0.1, -0.05) is 53.2 Å². The Kier molecular flexibility index (Phi) is 17.0. The number of rotatable bonds is 12. The lowest BCUT2D eigenvalue weighted by molar-refractivity contribution is -0.367. The predicted molar refractivity (Wildman–Crippen MR) is 263 cm³/mol. The molecule has 8 fully saturated rings. The summed E-state index contributed by atoms with van der Waals surface area (Å²) in [6, 6.07) is 0. The third-order valence-corrected chi connectivity index (χ3v) is 21.5.